The van der Waals surface area contributed by atoms with Gasteiger partial charge in [0.25, 0.3) is 0 Å². The van der Waals surface area contributed by atoms with Crippen LogP contribution in [0.1, 0.15) is 0 Å². The Kier molecular flexibility index (Phi) is 2.63. The molecule has 0 aromatic carbocycles. The second-order valence-corrected chi connectivity index (χ2v) is 9.74. The summed E-state index contributed by atoms with van der Waals surface area (Å²) in [5.74, 6) is 2.02. The average molecular weight is 282 g/mol. The Bertz CT molecular complexity index is 158. The quantitative estimate of drug-likeness (QED) is 0.404. The molecule has 2 saturated heterocycles. The summed E-state index contributed by atoms with van der Waals surface area (Å²) in [5, 5.41) is 0. The summed E-state index contributed by atoms with van der Waals surface area (Å²) in [5.41, 5.74) is 0. The number of fused-ring (bicyclic) bond motifs is 1. The fraction of sp³-hybridized carbons (Fsp3) is 1.00. The number of hydrogen-bond donors (Lipinski definition) is 0. The standard InChI is InChI=1S/C9H19IN2/c1-10(2)12-6-8-4-11(3)5-9(8)7-12/h8-9H,4-7H2,1-3H3/t8-,9+. The molecular formula is C9H19IN2. The molecule has 2 aliphatic heterocycles. The fourth-order valence-corrected chi connectivity index (χ4v) is 5.03. The summed E-state index contributed by atoms with van der Waals surface area (Å²) in [6.45, 7) is 5.52. The van der Waals surface area contributed by atoms with Crippen molar-refractivity contribution in [3.8, 4) is 0 Å². The first-order valence-corrected chi connectivity index (χ1v) is 9.88. The zero-order chi connectivity index (χ0) is 8.72. The molecule has 2 atom stereocenters. The van der Waals surface area contributed by atoms with Gasteiger partial charge in [0.2, 0.25) is 0 Å². The minimum atomic E-state index is -0.644. The van der Waals surface area contributed by atoms with Crippen molar-refractivity contribution in [1.29, 1.82) is 0 Å². The first-order chi connectivity index (χ1) is 5.66. The molecule has 0 saturated carbocycles. The minimum absolute atomic E-state index is 0.644. The van der Waals surface area contributed by atoms with Gasteiger partial charge in [-0.25, -0.2) is 0 Å². The van der Waals surface area contributed by atoms with E-state index >= 15 is 0 Å². The fourth-order valence-electron chi connectivity index (χ4n) is 2.45. The predicted octanol–water partition coefficient (Wildman–Crippen LogP) is 1.16. The molecule has 3 heteroatoms. The SMILES string of the molecule is CN1C[C@@H]2CN(I(C)C)C[C@@H]2C1. The van der Waals surface area contributed by atoms with Crippen LogP contribution in [0.25, 0.3) is 0 Å². The molecule has 2 heterocycles. The van der Waals surface area contributed by atoms with Crippen molar-refractivity contribution >= 4 is 20.1 Å². The normalized spacial score (nSPS) is 38.8. The number of nitrogens with zero attached hydrogens (tertiary/aromatic N) is 2. The molecule has 12 heavy (non-hydrogen) atoms. The summed E-state index contributed by atoms with van der Waals surface area (Å²) in [6, 6.07) is 0. The summed E-state index contributed by atoms with van der Waals surface area (Å²) >= 11 is -0.644. The Morgan fingerprint density at radius 2 is 1.50 bits per heavy atom. The summed E-state index contributed by atoms with van der Waals surface area (Å²) < 4.78 is 2.78. The number of rotatable bonds is 1. The van der Waals surface area contributed by atoms with E-state index in [0.29, 0.717) is 0 Å². The van der Waals surface area contributed by atoms with Gasteiger partial charge in [0.05, 0.1) is 0 Å². The van der Waals surface area contributed by atoms with Crippen molar-refractivity contribution in [3.05, 3.63) is 0 Å². The molecule has 2 rings (SSSR count). The van der Waals surface area contributed by atoms with E-state index in [1.807, 2.05) is 0 Å². The van der Waals surface area contributed by atoms with Crippen LogP contribution >= 0.6 is 20.1 Å². The van der Waals surface area contributed by atoms with Gasteiger partial charge < -0.3 is 0 Å². The van der Waals surface area contributed by atoms with Crippen LogP contribution < -0.4 is 0 Å². The van der Waals surface area contributed by atoms with Gasteiger partial charge in [0.1, 0.15) is 0 Å². The Morgan fingerprint density at radius 3 is 1.92 bits per heavy atom. The van der Waals surface area contributed by atoms with Crippen molar-refractivity contribution in [2.75, 3.05) is 43.1 Å². The first kappa shape index (κ1) is 9.21. The average Bonchev–Trinajstić information content (AvgIpc) is 2.42. The Balaban J connectivity index is 1.93. The van der Waals surface area contributed by atoms with Crippen LogP contribution in [0.15, 0.2) is 0 Å². The molecule has 0 radical (unpaired) electrons. The number of halogens is 1. The topological polar surface area (TPSA) is 6.48 Å². The van der Waals surface area contributed by atoms with E-state index in [4.69, 9.17) is 0 Å². The van der Waals surface area contributed by atoms with Gasteiger partial charge in [0.15, 0.2) is 0 Å². The number of hydrogen-bond acceptors (Lipinski definition) is 2. The molecule has 0 aromatic rings. The Labute approximate surface area is 83.0 Å². The Morgan fingerprint density at radius 1 is 1.00 bits per heavy atom. The second kappa shape index (κ2) is 3.42. The molecule has 72 valence electrons. The van der Waals surface area contributed by atoms with E-state index in [-0.39, 0.29) is 0 Å². The van der Waals surface area contributed by atoms with Gasteiger partial charge in [0, 0.05) is 0 Å². The van der Waals surface area contributed by atoms with E-state index in [1.165, 1.54) is 26.2 Å². The van der Waals surface area contributed by atoms with Crippen molar-refractivity contribution < 1.29 is 0 Å². The molecule has 0 unspecified atom stereocenters. The van der Waals surface area contributed by atoms with E-state index in [1.54, 1.807) is 0 Å². The van der Waals surface area contributed by atoms with Crippen LogP contribution in [0.4, 0.5) is 0 Å². The monoisotopic (exact) mass is 282 g/mol. The summed E-state index contributed by atoms with van der Waals surface area (Å²) in [7, 11) is 2.26. The number of likely N-dealkylation sites (tertiary alicyclic amines) is 1. The molecule has 0 N–H and O–H groups in total. The molecule has 0 amide bonds. The second-order valence-electron chi connectivity index (χ2n) is 4.29. The maximum atomic E-state index is 2.78. The summed E-state index contributed by atoms with van der Waals surface area (Å²) in [4.78, 5) is 7.43. The Hall–Kier alpha value is 0.650. The van der Waals surface area contributed by atoms with Crippen LogP contribution in [-0.2, 0) is 0 Å². The van der Waals surface area contributed by atoms with Crippen molar-refractivity contribution in [1.82, 2.24) is 8.01 Å². The van der Waals surface area contributed by atoms with Crippen molar-refractivity contribution in [2.45, 2.75) is 0 Å². The van der Waals surface area contributed by atoms with Gasteiger partial charge >= 0.3 is 83.0 Å². The van der Waals surface area contributed by atoms with Crippen LogP contribution in [0.2, 0.25) is 0 Å². The third-order valence-electron chi connectivity index (χ3n) is 3.10. The summed E-state index contributed by atoms with van der Waals surface area (Å²) in [6.07, 6.45) is 0. The number of alkyl halides is 2. The van der Waals surface area contributed by atoms with Gasteiger partial charge in [-0.1, -0.05) is 0 Å². The third kappa shape index (κ3) is 1.63. The van der Waals surface area contributed by atoms with Crippen LogP contribution in [0, 0.1) is 11.8 Å². The molecule has 0 spiro atoms. The molecule has 2 fully saturated rings. The van der Waals surface area contributed by atoms with E-state index < -0.39 is 20.1 Å². The first-order valence-electron chi connectivity index (χ1n) is 4.60. The van der Waals surface area contributed by atoms with E-state index in [2.05, 4.69) is 24.9 Å². The van der Waals surface area contributed by atoms with E-state index in [0.717, 1.165) is 11.8 Å². The van der Waals surface area contributed by atoms with Gasteiger partial charge in [-0.3, -0.25) is 0 Å². The van der Waals surface area contributed by atoms with E-state index in [9.17, 15) is 0 Å². The van der Waals surface area contributed by atoms with Crippen molar-refractivity contribution in [2.24, 2.45) is 11.8 Å². The van der Waals surface area contributed by atoms with Crippen LogP contribution in [0.3, 0.4) is 0 Å². The molecule has 0 aromatic heterocycles. The molecule has 0 aliphatic carbocycles. The predicted molar refractivity (Wildman–Crippen MR) is 61.9 cm³/mol. The van der Waals surface area contributed by atoms with Crippen LogP contribution in [0.5, 0.6) is 0 Å². The maximum absolute atomic E-state index is 2.78. The van der Waals surface area contributed by atoms with Gasteiger partial charge in [-0.2, -0.15) is 0 Å². The third-order valence-corrected chi connectivity index (χ3v) is 6.62. The molecule has 0 bridgehead atoms. The van der Waals surface area contributed by atoms with Crippen molar-refractivity contribution in [3.63, 3.8) is 0 Å². The molecule has 2 nitrogen and oxygen atoms in total. The van der Waals surface area contributed by atoms with Crippen LogP contribution in [-0.4, -0.2) is 51.1 Å². The van der Waals surface area contributed by atoms with Gasteiger partial charge in [-0.15, -0.1) is 0 Å². The zero-order valence-corrected chi connectivity index (χ0v) is 10.4. The molecule has 2 aliphatic rings. The molecular weight excluding hydrogens is 263 g/mol. The van der Waals surface area contributed by atoms with Gasteiger partial charge in [-0.05, 0) is 0 Å². The zero-order valence-electron chi connectivity index (χ0n) is 8.26.